The van der Waals surface area contributed by atoms with Crippen LogP contribution in [0.2, 0.25) is 0 Å². The quantitative estimate of drug-likeness (QED) is 0.727. The molecule has 0 spiro atoms. The van der Waals surface area contributed by atoms with Gasteiger partial charge in [-0.15, -0.1) is 0 Å². The van der Waals surface area contributed by atoms with Gasteiger partial charge in [0.05, 0.1) is 5.56 Å². The molecule has 0 aliphatic rings. The van der Waals surface area contributed by atoms with Crippen LogP contribution in [0.25, 0.3) is 10.9 Å². The average molecular weight is 358 g/mol. The molecule has 0 bridgehead atoms. The van der Waals surface area contributed by atoms with Gasteiger partial charge in [-0.3, -0.25) is 4.79 Å². The summed E-state index contributed by atoms with van der Waals surface area (Å²) in [6.07, 6.45) is 0. The molecule has 0 aliphatic heterocycles. The molecule has 5 heteroatoms. The standard InChI is InChI=1S/C17H12BrNO3/c18-12-5-3-4-11(8-12)10-22-17(21)14-9-16(20)19-15-7-2-1-6-13(14)15/h1-9H,10H2,(H,19,20). The van der Waals surface area contributed by atoms with E-state index >= 15 is 0 Å². The number of carbonyl (C=O) groups is 1. The van der Waals surface area contributed by atoms with Gasteiger partial charge in [-0.05, 0) is 23.8 Å². The second-order valence-electron chi connectivity index (χ2n) is 4.80. The molecule has 0 amide bonds. The van der Waals surface area contributed by atoms with Crippen LogP contribution in [0.4, 0.5) is 0 Å². The van der Waals surface area contributed by atoms with Crippen molar-refractivity contribution in [3.63, 3.8) is 0 Å². The van der Waals surface area contributed by atoms with Crippen molar-refractivity contribution in [3.05, 3.63) is 80.6 Å². The van der Waals surface area contributed by atoms with Gasteiger partial charge in [0, 0.05) is 21.4 Å². The molecule has 3 rings (SSSR count). The first-order chi connectivity index (χ1) is 10.6. The number of pyridine rings is 1. The van der Waals surface area contributed by atoms with Crippen molar-refractivity contribution in [1.29, 1.82) is 0 Å². The van der Waals surface area contributed by atoms with E-state index in [0.29, 0.717) is 10.9 Å². The molecule has 0 atom stereocenters. The van der Waals surface area contributed by atoms with E-state index in [0.717, 1.165) is 10.0 Å². The van der Waals surface area contributed by atoms with Crippen molar-refractivity contribution in [2.75, 3.05) is 0 Å². The van der Waals surface area contributed by atoms with Crippen LogP contribution in [0, 0.1) is 0 Å². The highest BCUT2D eigenvalue weighted by Crippen LogP contribution is 2.17. The fourth-order valence-corrected chi connectivity index (χ4v) is 2.67. The van der Waals surface area contributed by atoms with E-state index in [-0.39, 0.29) is 17.7 Å². The first-order valence-electron chi connectivity index (χ1n) is 6.67. The number of hydrogen-bond acceptors (Lipinski definition) is 3. The van der Waals surface area contributed by atoms with Gasteiger partial charge in [0.1, 0.15) is 6.61 Å². The number of esters is 1. The zero-order chi connectivity index (χ0) is 15.5. The molecule has 3 aromatic rings. The molecule has 22 heavy (non-hydrogen) atoms. The molecule has 4 nitrogen and oxygen atoms in total. The highest BCUT2D eigenvalue weighted by atomic mass is 79.9. The number of ether oxygens (including phenoxy) is 1. The Bertz CT molecular complexity index is 902. The Morgan fingerprint density at radius 3 is 2.73 bits per heavy atom. The van der Waals surface area contributed by atoms with Crippen molar-refractivity contribution >= 4 is 32.8 Å². The van der Waals surface area contributed by atoms with E-state index in [2.05, 4.69) is 20.9 Å². The van der Waals surface area contributed by atoms with E-state index < -0.39 is 5.97 Å². The van der Waals surface area contributed by atoms with Gasteiger partial charge >= 0.3 is 5.97 Å². The normalized spacial score (nSPS) is 10.6. The summed E-state index contributed by atoms with van der Waals surface area (Å²) in [4.78, 5) is 26.6. The van der Waals surface area contributed by atoms with Crippen LogP contribution in [0.1, 0.15) is 15.9 Å². The van der Waals surface area contributed by atoms with Crippen LogP contribution in [0.5, 0.6) is 0 Å². The minimum absolute atomic E-state index is 0.152. The van der Waals surface area contributed by atoms with Gasteiger partial charge in [-0.2, -0.15) is 0 Å². The number of H-pyrrole nitrogens is 1. The Kier molecular flexibility index (Phi) is 4.06. The Labute approximate surface area is 134 Å². The summed E-state index contributed by atoms with van der Waals surface area (Å²) in [5, 5.41) is 0.668. The van der Waals surface area contributed by atoms with Crippen LogP contribution in [-0.4, -0.2) is 11.0 Å². The van der Waals surface area contributed by atoms with Crippen LogP contribution in [-0.2, 0) is 11.3 Å². The monoisotopic (exact) mass is 357 g/mol. The minimum atomic E-state index is -0.512. The molecule has 0 saturated heterocycles. The fourth-order valence-electron chi connectivity index (χ4n) is 2.23. The Hall–Kier alpha value is -2.40. The molecule has 2 aromatic carbocycles. The zero-order valence-electron chi connectivity index (χ0n) is 11.5. The maximum absolute atomic E-state index is 12.3. The third-order valence-corrected chi connectivity index (χ3v) is 3.72. The van der Waals surface area contributed by atoms with Crippen molar-refractivity contribution in [2.24, 2.45) is 0 Å². The highest BCUT2D eigenvalue weighted by Gasteiger charge is 2.13. The molecule has 1 N–H and O–H groups in total. The summed E-state index contributed by atoms with van der Waals surface area (Å²) >= 11 is 3.37. The number of nitrogens with one attached hydrogen (secondary N) is 1. The molecule has 1 heterocycles. The number of carbonyl (C=O) groups excluding carboxylic acids is 1. The molecular formula is C17H12BrNO3. The Morgan fingerprint density at radius 2 is 1.91 bits per heavy atom. The minimum Gasteiger partial charge on any atom is -0.457 e. The molecule has 1 aromatic heterocycles. The molecule has 0 aliphatic carbocycles. The smallest absolute Gasteiger partial charge is 0.339 e. The average Bonchev–Trinajstić information content (AvgIpc) is 2.52. The number of benzene rings is 2. The van der Waals surface area contributed by atoms with Gasteiger partial charge in [-0.25, -0.2) is 4.79 Å². The number of aromatic nitrogens is 1. The lowest BCUT2D eigenvalue weighted by molar-refractivity contribution is 0.0475. The van der Waals surface area contributed by atoms with Crippen molar-refractivity contribution in [2.45, 2.75) is 6.61 Å². The van der Waals surface area contributed by atoms with Gasteiger partial charge in [0.15, 0.2) is 0 Å². The zero-order valence-corrected chi connectivity index (χ0v) is 13.1. The van der Waals surface area contributed by atoms with Crippen LogP contribution in [0.15, 0.2) is 63.9 Å². The molecule has 0 radical (unpaired) electrons. The number of halogens is 1. The Balaban J connectivity index is 1.88. The summed E-state index contributed by atoms with van der Waals surface area (Å²) in [5.74, 6) is -0.512. The summed E-state index contributed by atoms with van der Waals surface area (Å²) in [6.45, 7) is 0.152. The predicted molar refractivity (Wildman–Crippen MR) is 87.8 cm³/mol. The third-order valence-electron chi connectivity index (χ3n) is 3.23. The Morgan fingerprint density at radius 1 is 1.09 bits per heavy atom. The number of hydrogen-bond donors (Lipinski definition) is 1. The van der Waals surface area contributed by atoms with Crippen LogP contribution < -0.4 is 5.56 Å². The van der Waals surface area contributed by atoms with E-state index in [4.69, 9.17) is 4.74 Å². The van der Waals surface area contributed by atoms with Crippen LogP contribution in [0.3, 0.4) is 0 Å². The van der Waals surface area contributed by atoms with Crippen molar-refractivity contribution < 1.29 is 9.53 Å². The first kappa shape index (κ1) is 14.5. The maximum atomic E-state index is 12.3. The summed E-state index contributed by atoms with van der Waals surface area (Å²) < 4.78 is 6.24. The molecule has 110 valence electrons. The predicted octanol–water partition coefficient (Wildman–Crippen LogP) is 3.65. The van der Waals surface area contributed by atoms with Gasteiger partial charge < -0.3 is 9.72 Å². The molecular weight excluding hydrogens is 346 g/mol. The van der Waals surface area contributed by atoms with E-state index in [9.17, 15) is 9.59 Å². The van der Waals surface area contributed by atoms with Crippen molar-refractivity contribution in [3.8, 4) is 0 Å². The van der Waals surface area contributed by atoms with E-state index in [1.54, 1.807) is 18.2 Å². The topological polar surface area (TPSA) is 59.2 Å². The SMILES string of the molecule is O=C(OCc1cccc(Br)c1)c1cc(=O)[nH]c2ccccc12. The second-order valence-corrected chi connectivity index (χ2v) is 5.71. The number of para-hydroxylation sites is 1. The lowest BCUT2D eigenvalue weighted by atomic mass is 10.1. The number of aromatic amines is 1. The number of rotatable bonds is 3. The molecule has 0 unspecified atom stereocenters. The van der Waals surface area contributed by atoms with E-state index in [1.165, 1.54) is 6.07 Å². The summed E-state index contributed by atoms with van der Waals surface area (Å²) in [5.41, 5.74) is 1.43. The van der Waals surface area contributed by atoms with Crippen molar-refractivity contribution in [1.82, 2.24) is 4.98 Å². The maximum Gasteiger partial charge on any atom is 0.339 e. The second kappa shape index (κ2) is 6.15. The first-order valence-corrected chi connectivity index (χ1v) is 7.46. The molecule has 0 saturated carbocycles. The van der Waals surface area contributed by atoms with Crippen LogP contribution >= 0.6 is 15.9 Å². The summed E-state index contributed by atoms with van der Waals surface area (Å²) in [6, 6.07) is 15.9. The third kappa shape index (κ3) is 3.09. The fraction of sp³-hybridized carbons (Fsp3) is 0.0588. The van der Waals surface area contributed by atoms with E-state index in [1.807, 2.05) is 30.3 Å². The van der Waals surface area contributed by atoms with Gasteiger partial charge in [0.25, 0.3) is 0 Å². The number of fused-ring (bicyclic) bond motifs is 1. The lowest BCUT2D eigenvalue weighted by Gasteiger charge is -2.07. The summed E-state index contributed by atoms with van der Waals surface area (Å²) in [7, 11) is 0. The largest absolute Gasteiger partial charge is 0.457 e. The molecule has 0 fully saturated rings. The lowest BCUT2D eigenvalue weighted by Crippen LogP contribution is -2.12. The van der Waals surface area contributed by atoms with Gasteiger partial charge in [-0.1, -0.05) is 46.3 Å². The highest BCUT2D eigenvalue weighted by molar-refractivity contribution is 9.10. The van der Waals surface area contributed by atoms with Gasteiger partial charge in [0.2, 0.25) is 5.56 Å².